The maximum absolute atomic E-state index is 3.63. The van der Waals surface area contributed by atoms with Gasteiger partial charge in [0, 0.05) is 17.1 Å². The van der Waals surface area contributed by atoms with Gasteiger partial charge in [-0.2, -0.15) is 0 Å². The molecule has 1 saturated carbocycles. The minimum Gasteiger partial charge on any atom is -0.310 e. The smallest absolute Gasteiger partial charge is 0.0208 e. The second kappa shape index (κ2) is 5.33. The van der Waals surface area contributed by atoms with Crippen molar-refractivity contribution in [2.75, 3.05) is 0 Å². The molecule has 1 aromatic rings. The monoisotopic (exact) mass is 281 g/mol. The Morgan fingerprint density at radius 1 is 1.44 bits per heavy atom. The summed E-state index contributed by atoms with van der Waals surface area (Å²) in [4.78, 5) is 0. The van der Waals surface area contributed by atoms with Crippen LogP contribution >= 0.6 is 15.9 Å². The van der Waals surface area contributed by atoms with E-state index in [1.807, 2.05) is 0 Å². The molecule has 2 rings (SSSR count). The Balaban J connectivity index is 1.86. The normalized spacial score (nSPS) is 18.2. The fourth-order valence-corrected chi connectivity index (χ4v) is 2.45. The van der Waals surface area contributed by atoms with E-state index in [9.17, 15) is 0 Å². The summed E-state index contributed by atoms with van der Waals surface area (Å²) in [7, 11) is 0. The maximum atomic E-state index is 3.63. The zero-order valence-corrected chi connectivity index (χ0v) is 11.7. The third-order valence-corrected chi connectivity index (χ3v) is 4.60. The predicted octanol–water partition coefficient (Wildman–Crippen LogP) is 4.04. The molecule has 88 valence electrons. The summed E-state index contributed by atoms with van der Waals surface area (Å²) in [6.07, 6.45) is 4.25. The molecule has 0 saturated heterocycles. The van der Waals surface area contributed by atoms with E-state index in [-0.39, 0.29) is 0 Å². The number of halogens is 1. The Bertz CT molecular complexity index is 358. The van der Waals surface area contributed by atoms with E-state index < -0.39 is 0 Å². The van der Waals surface area contributed by atoms with Crippen molar-refractivity contribution in [1.82, 2.24) is 5.32 Å². The second-order valence-electron chi connectivity index (χ2n) is 4.94. The van der Waals surface area contributed by atoms with E-state index in [0.717, 1.165) is 12.5 Å². The average Bonchev–Trinajstić information content (AvgIpc) is 2.17. The van der Waals surface area contributed by atoms with Crippen molar-refractivity contribution in [3.05, 3.63) is 33.8 Å². The number of benzene rings is 1. The molecule has 0 spiro atoms. The number of rotatable bonds is 4. The Kier molecular flexibility index (Phi) is 4.04. The highest BCUT2D eigenvalue weighted by molar-refractivity contribution is 9.10. The standard InChI is InChI=1S/C14H20BrN/c1-10-8-12(6-7-14(10)15)9-16-11(2)13-4-3-5-13/h6-8,11,13,16H,3-5,9H2,1-2H3. The molecule has 1 aliphatic rings. The van der Waals surface area contributed by atoms with E-state index in [1.165, 1.54) is 34.9 Å². The first kappa shape index (κ1) is 12.1. The van der Waals surface area contributed by atoms with Crippen LogP contribution in [0.4, 0.5) is 0 Å². The first-order chi connectivity index (χ1) is 7.66. The van der Waals surface area contributed by atoms with Crippen LogP contribution in [0.5, 0.6) is 0 Å². The quantitative estimate of drug-likeness (QED) is 0.879. The van der Waals surface area contributed by atoms with Crippen LogP contribution in [0.2, 0.25) is 0 Å². The molecule has 0 amide bonds. The Hall–Kier alpha value is -0.340. The van der Waals surface area contributed by atoms with Crippen LogP contribution < -0.4 is 5.32 Å². The molecule has 0 aliphatic heterocycles. The molecule has 0 heterocycles. The highest BCUT2D eigenvalue weighted by Crippen LogP contribution is 2.29. The van der Waals surface area contributed by atoms with Gasteiger partial charge in [-0.1, -0.05) is 34.5 Å². The van der Waals surface area contributed by atoms with Crippen molar-refractivity contribution in [3.63, 3.8) is 0 Å². The lowest BCUT2D eigenvalue weighted by Gasteiger charge is -2.32. The topological polar surface area (TPSA) is 12.0 Å². The van der Waals surface area contributed by atoms with Gasteiger partial charge in [0.2, 0.25) is 0 Å². The van der Waals surface area contributed by atoms with Crippen LogP contribution in [0.3, 0.4) is 0 Å². The molecule has 2 heteroatoms. The van der Waals surface area contributed by atoms with Crippen molar-refractivity contribution in [2.24, 2.45) is 5.92 Å². The van der Waals surface area contributed by atoms with Crippen molar-refractivity contribution in [1.29, 1.82) is 0 Å². The van der Waals surface area contributed by atoms with Gasteiger partial charge in [0.05, 0.1) is 0 Å². The fraction of sp³-hybridized carbons (Fsp3) is 0.571. The minimum atomic E-state index is 0.665. The van der Waals surface area contributed by atoms with E-state index >= 15 is 0 Å². The lowest BCUT2D eigenvalue weighted by molar-refractivity contribution is 0.240. The van der Waals surface area contributed by atoms with E-state index in [0.29, 0.717) is 6.04 Å². The first-order valence-corrected chi connectivity index (χ1v) is 6.94. The fourth-order valence-electron chi connectivity index (χ4n) is 2.20. The van der Waals surface area contributed by atoms with Crippen LogP contribution in [0.25, 0.3) is 0 Å². The summed E-state index contributed by atoms with van der Waals surface area (Å²) < 4.78 is 1.20. The van der Waals surface area contributed by atoms with Gasteiger partial charge in [0.1, 0.15) is 0 Å². The van der Waals surface area contributed by atoms with Gasteiger partial charge in [-0.3, -0.25) is 0 Å². The van der Waals surface area contributed by atoms with Crippen molar-refractivity contribution in [3.8, 4) is 0 Å². The van der Waals surface area contributed by atoms with Gasteiger partial charge < -0.3 is 5.32 Å². The summed E-state index contributed by atoms with van der Waals surface area (Å²) in [6.45, 7) is 5.45. The molecular formula is C14H20BrN. The molecule has 1 N–H and O–H groups in total. The second-order valence-corrected chi connectivity index (χ2v) is 5.80. The molecular weight excluding hydrogens is 262 g/mol. The molecule has 1 aliphatic carbocycles. The van der Waals surface area contributed by atoms with E-state index in [1.54, 1.807) is 0 Å². The summed E-state index contributed by atoms with van der Waals surface area (Å²) in [5.41, 5.74) is 2.70. The lowest BCUT2D eigenvalue weighted by atomic mass is 9.80. The first-order valence-electron chi connectivity index (χ1n) is 6.15. The summed E-state index contributed by atoms with van der Waals surface area (Å²) in [5, 5.41) is 3.63. The summed E-state index contributed by atoms with van der Waals surface area (Å²) >= 11 is 3.53. The summed E-state index contributed by atoms with van der Waals surface area (Å²) in [6, 6.07) is 7.25. The van der Waals surface area contributed by atoms with Gasteiger partial charge in [0.15, 0.2) is 0 Å². The predicted molar refractivity (Wildman–Crippen MR) is 72.5 cm³/mol. The van der Waals surface area contributed by atoms with Crippen molar-refractivity contribution < 1.29 is 0 Å². The van der Waals surface area contributed by atoms with Crippen LogP contribution in [-0.2, 0) is 6.54 Å². The highest BCUT2D eigenvalue weighted by Gasteiger charge is 2.23. The molecule has 0 aromatic heterocycles. The minimum absolute atomic E-state index is 0.665. The summed E-state index contributed by atoms with van der Waals surface area (Å²) in [5.74, 6) is 0.913. The van der Waals surface area contributed by atoms with Crippen molar-refractivity contribution >= 4 is 15.9 Å². The molecule has 1 fully saturated rings. The van der Waals surface area contributed by atoms with Gasteiger partial charge in [-0.25, -0.2) is 0 Å². The highest BCUT2D eigenvalue weighted by atomic mass is 79.9. The van der Waals surface area contributed by atoms with Crippen LogP contribution in [0.15, 0.2) is 22.7 Å². The maximum Gasteiger partial charge on any atom is 0.0208 e. The SMILES string of the molecule is Cc1cc(CNC(C)C2CCC2)ccc1Br. The van der Waals surface area contributed by atoms with E-state index in [4.69, 9.17) is 0 Å². The molecule has 0 bridgehead atoms. The average molecular weight is 282 g/mol. The van der Waals surface area contributed by atoms with Gasteiger partial charge in [-0.05, 0) is 49.8 Å². The molecule has 1 unspecified atom stereocenters. The van der Waals surface area contributed by atoms with Gasteiger partial charge in [0.25, 0.3) is 0 Å². The zero-order valence-electron chi connectivity index (χ0n) is 10.1. The Morgan fingerprint density at radius 3 is 2.75 bits per heavy atom. The number of aryl methyl sites for hydroxylation is 1. The third-order valence-electron chi connectivity index (χ3n) is 3.71. The number of nitrogens with one attached hydrogen (secondary N) is 1. The van der Waals surface area contributed by atoms with Crippen LogP contribution in [0.1, 0.15) is 37.3 Å². The molecule has 1 nitrogen and oxygen atoms in total. The van der Waals surface area contributed by atoms with Crippen LogP contribution in [0, 0.1) is 12.8 Å². The van der Waals surface area contributed by atoms with Crippen LogP contribution in [-0.4, -0.2) is 6.04 Å². The zero-order chi connectivity index (χ0) is 11.5. The molecule has 1 aromatic carbocycles. The largest absolute Gasteiger partial charge is 0.310 e. The Morgan fingerprint density at radius 2 is 2.19 bits per heavy atom. The van der Waals surface area contributed by atoms with E-state index in [2.05, 4.69) is 53.3 Å². The third kappa shape index (κ3) is 2.86. The lowest BCUT2D eigenvalue weighted by Crippen LogP contribution is -2.36. The number of hydrogen-bond donors (Lipinski definition) is 1. The molecule has 16 heavy (non-hydrogen) atoms. The molecule has 0 radical (unpaired) electrons. The Labute approximate surface area is 107 Å². The number of hydrogen-bond acceptors (Lipinski definition) is 1. The van der Waals surface area contributed by atoms with Gasteiger partial charge in [-0.15, -0.1) is 0 Å². The molecule has 1 atom stereocenters. The van der Waals surface area contributed by atoms with Gasteiger partial charge >= 0.3 is 0 Å². The van der Waals surface area contributed by atoms with Crippen molar-refractivity contribution in [2.45, 2.75) is 45.7 Å².